The Morgan fingerprint density at radius 3 is 0.773 bits per heavy atom. The van der Waals surface area contributed by atoms with E-state index in [0.717, 1.165) is 38.5 Å². The first-order valence-electron chi connectivity index (χ1n) is 34.7. The molecule has 0 heterocycles. The Labute approximate surface area is 472 Å². The van der Waals surface area contributed by atoms with Gasteiger partial charge in [-0.05, 0) is 44.9 Å². The Hall–Kier alpha value is -1.39. The van der Waals surface area contributed by atoms with Crippen molar-refractivity contribution in [3.05, 3.63) is 36.5 Å². The maximum Gasteiger partial charge on any atom is 0.220 e. The monoisotopic (exact) mass is 1050 g/mol. The molecule has 0 bridgehead atoms. The lowest BCUT2D eigenvalue weighted by molar-refractivity contribution is -0.123. The van der Waals surface area contributed by atoms with E-state index in [-0.39, 0.29) is 12.5 Å². The molecule has 0 aromatic heterocycles. The zero-order valence-electron chi connectivity index (χ0n) is 51.3. The van der Waals surface area contributed by atoms with Crippen molar-refractivity contribution >= 4 is 5.91 Å². The molecule has 0 aliphatic heterocycles. The van der Waals surface area contributed by atoms with Gasteiger partial charge in [0, 0.05) is 6.42 Å². The highest BCUT2D eigenvalue weighted by atomic mass is 16.3. The molecule has 0 rings (SSSR count). The van der Waals surface area contributed by atoms with E-state index in [1.807, 2.05) is 6.08 Å². The molecule has 0 spiro atoms. The van der Waals surface area contributed by atoms with Crippen molar-refractivity contribution in [3.63, 3.8) is 0 Å². The van der Waals surface area contributed by atoms with Crippen LogP contribution < -0.4 is 5.32 Å². The molecule has 0 saturated heterocycles. The second-order valence-electron chi connectivity index (χ2n) is 23.9. The summed E-state index contributed by atoms with van der Waals surface area (Å²) in [6, 6.07) is -0.645. The predicted molar refractivity (Wildman–Crippen MR) is 336 cm³/mol. The first-order chi connectivity index (χ1) is 37.2. The van der Waals surface area contributed by atoms with Gasteiger partial charge < -0.3 is 15.5 Å². The SMILES string of the molecule is CCCCCCCCCCCCCCCCCCCCCCC/C=C/CC/C=C/CC/C=C/C(O)C(CO)NC(=O)CCCCCCCCCCCCCCCCCCCCCCCCCCCCCCCCCC. The van der Waals surface area contributed by atoms with E-state index in [0.29, 0.717) is 6.42 Å². The van der Waals surface area contributed by atoms with Crippen molar-refractivity contribution in [1.29, 1.82) is 0 Å². The first kappa shape index (κ1) is 73.6. The lowest BCUT2D eigenvalue weighted by Crippen LogP contribution is -2.45. The number of amides is 1. The normalized spacial score (nSPS) is 12.9. The summed E-state index contributed by atoms with van der Waals surface area (Å²) in [4.78, 5) is 12.5. The van der Waals surface area contributed by atoms with Gasteiger partial charge in [0.1, 0.15) is 0 Å². The zero-order chi connectivity index (χ0) is 54.1. The fourth-order valence-corrected chi connectivity index (χ4v) is 11.1. The van der Waals surface area contributed by atoms with E-state index in [4.69, 9.17) is 0 Å². The van der Waals surface area contributed by atoms with Gasteiger partial charge in [-0.2, -0.15) is 0 Å². The van der Waals surface area contributed by atoms with Crippen LogP contribution in [-0.4, -0.2) is 34.9 Å². The molecule has 3 N–H and O–H groups in total. The molecule has 0 aromatic rings. The third kappa shape index (κ3) is 63.3. The molecule has 0 fully saturated rings. The molecule has 0 aliphatic carbocycles. The number of hydrogen-bond donors (Lipinski definition) is 3. The number of nitrogens with one attached hydrogen (secondary N) is 1. The number of carbonyl (C=O) groups excluding carboxylic acids is 1. The van der Waals surface area contributed by atoms with Crippen molar-refractivity contribution < 1.29 is 15.0 Å². The number of hydrogen-bond acceptors (Lipinski definition) is 3. The molecule has 4 heteroatoms. The van der Waals surface area contributed by atoms with Gasteiger partial charge in [0.15, 0.2) is 0 Å². The quantitative estimate of drug-likeness (QED) is 0.0420. The predicted octanol–water partition coefficient (Wildman–Crippen LogP) is 23.5. The molecule has 0 radical (unpaired) electrons. The van der Waals surface area contributed by atoms with Crippen LogP contribution in [0.1, 0.15) is 393 Å². The Balaban J connectivity index is 3.46. The second-order valence-corrected chi connectivity index (χ2v) is 23.9. The first-order valence-corrected chi connectivity index (χ1v) is 34.7. The number of unbranched alkanes of at least 4 members (excludes halogenated alkanes) is 54. The Kier molecular flexibility index (Phi) is 65.6. The summed E-state index contributed by atoms with van der Waals surface area (Å²) >= 11 is 0. The van der Waals surface area contributed by atoms with Gasteiger partial charge in [0.25, 0.3) is 0 Å². The minimum atomic E-state index is -0.870. The molecule has 75 heavy (non-hydrogen) atoms. The van der Waals surface area contributed by atoms with Crippen LogP contribution in [0.3, 0.4) is 0 Å². The van der Waals surface area contributed by atoms with E-state index in [1.54, 1.807) is 6.08 Å². The van der Waals surface area contributed by atoms with Crippen LogP contribution in [0.25, 0.3) is 0 Å². The molecule has 444 valence electrons. The highest BCUT2D eigenvalue weighted by Gasteiger charge is 2.18. The standard InChI is InChI=1S/C71H137NO3/c1-3-5-7-9-11-13-15-17-19-21-23-25-27-29-31-33-35-37-39-41-43-45-47-49-51-53-55-57-59-61-63-65-67-71(75)72-69(68-73)70(74)66-64-62-60-58-56-54-52-50-48-46-44-42-40-38-36-34-32-30-28-26-24-22-20-18-16-14-12-10-8-6-4-2/h48,50,56,58,64,66,69-70,73-74H,3-47,49,51-55,57,59-63,65,67-68H2,1-2H3,(H,72,75)/b50-48+,58-56+,66-64+. The third-order valence-electron chi connectivity index (χ3n) is 16.4. The molecule has 0 saturated carbocycles. The van der Waals surface area contributed by atoms with Crippen LogP contribution in [0.15, 0.2) is 36.5 Å². The molecule has 4 nitrogen and oxygen atoms in total. The Morgan fingerprint density at radius 2 is 0.520 bits per heavy atom. The Bertz CT molecular complexity index is 1150. The topological polar surface area (TPSA) is 69.6 Å². The number of allylic oxidation sites excluding steroid dienone is 5. The fourth-order valence-electron chi connectivity index (χ4n) is 11.1. The van der Waals surface area contributed by atoms with E-state index in [9.17, 15) is 15.0 Å². The van der Waals surface area contributed by atoms with E-state index >= 15 is 0 Å². The van der Waals surface area contributed by atoms with Crippen LogP contribution in [0.4, 0.5) is 0 Å². The molecular weight excluding hydrogens is 915 g/mol. The largest absolute Gasteiger partial charge is 0.394 e. The highest BCUT2D eigenvalue weighted by molar-refractivity contribution is 5.76. The smallest absolute Gasteiger partial charge is 0.220 e. The number of carbonyl (C=O) groups is 1. The average Bonchev–Trinajstić information content (AvgIpc) is 3.41. The van der Waals surface area contributed by atoms with Gasteiger partial charge in [0.05, 0.1) is 18.8 Å². The van der Waals surface area contributed by atoms with E-state index in [1.165, 1.54) is 334 Å². The van der Waals surface area contributed by atoms with Gasteiger partial charge >= 0.3 is 0 Å². The van der Waals surface area contributed by atoms with Crippen LogP contribution in [-0.2, 0) is 4.79 Å². The van der Waals surface area contributed by atoms with Gasteiger partial charge in [-0.3, -0.25) is 4.79 Å². The minimum Gasteiger partial charge on any atom is -0.394 e. The second kappa shape index (κ2) is 66.9. The van der Waals surface area contributed by atoms with Crippen LogP contribution in [0, 0.1) is 0 Å². The maximum absolute atomic E-state index is 12.5. The van der Waals surface area contributed by atoms with E-state index in [2.05, 4.69) is 43.5 Å². The van der Waals surface area contributed by atoms with Crippen LogP contribution in [0.5, 0.6) is 0 Å². The molecule has 1 amide bonds. The van der Waals surface area contributed by atoms with Gasteiger partial charge in [0.2, 0.25) is 5.91 Å². The van der Waals surface area contributed by atoms with Gasteiger partial charge in [-0.15, -0.1) is 0 Å². The van der Waals surface area contributed by atoms with Crippen molar-refractivity contribution in [1.82, 2.24) is 5.32 Å². The van der Waals surface area contributed by atoms with Crippen molar-refractivity contribution in [3.8, 4) is 0 Å². The molecular formula is C71H137NO3. The lowest BCUT2D eigenvalue weighted by atomic mass is 10.0. The van der Waals surface area contributed by atoms with Crippen LogP contribution >= 0.6 is 0 Å². The summed E-state index contributed by atoms with van der Waals surface area (Å²) < 4.78 is 0. The summed E-state index contributed by atoms with van der Waals surface area (Å²) in [7, 11) is 0. The van der Waals surface area contributed by atoms with Crippen molar-refractivity contribution in [2.24, 2.45) is 0 Å². The van der Waals surface area contributed by atoms with E-state index < -0.39 is 12.1 Å². The lowest BCUT2D eigenvalue weighted by Gasteiger charge is -2.19. The third-order valence-corrected chi connectivity index (χ3v) is 16.4. The summed E-state index contributed by atoms with van der Waals surface area (Å²) in [5.74, 6) is -0.0695. The number of aliphatic hydroxyl groups excluding tert-OH is 2. The Morgan fingerprint density at radius 1 is 0.307 bits per heavy atom. The van der Waals surface area contributed by atoms with Gasteiger partial charge in [-0.1, -0.05) is 378 Å². The minimum absolute atomic E-state index is 0.0695. The van der Waals surface area contributed by atoms with Gasteiger partial charge in [-0.25, -0.2) is 0 Å². The highest BCUT2D eigenvalue weighted by Crippen LogP contribution is 2.19. The van der Waals surface area contributed by atoms with Crippen molar-refractivity contribution in [2.75, 3.05) is 6.61 Å². The average molecular weight is 1050 g/mol. The summed E-state index contributed by atoms with van der Waals surface area (Å²) in [5, 5.41) is 23.3. The fraction of sp³-hybridized carbons (Fsp3) is 0.901. The van der Waals surface area contributed by atoms with Crippen LogP contribution in [0.2, 0.25) is 0 Å². The number of rotatable bonds is 65. The molecule has 0 aliphatic rings. The summed E-state index contributed by atoms with van der Waals surface area (Å²) in [6.07, 6.45) is 92.4. The maximum atomic E-state index is 12.5. The zero-order valence-corrected chi connectivity index (χ0v) is 51.3. The van der Waals surface area contributed by atoms with Crippen molar-refractivity contribution in [2.45, 2.75) is 405 Å². The molecule has 2 unspecified atom stereocenters. The molecule has 0 aromatic carbocycles. The molecule has 2 atom stereocenters. The number of aliphatic hydroxyl groups is 2. The summed E-state index contributed by atoms with van der Waals surface area (Å²) in [6.45, 7) is 4.35. The summed E-state index contributed by atoms with van der Waals surface area (Å²) in [5.41, 5.74) is 0.